The molecule has 154 valence electrons. The molecule has 1 rings (SSSR count). The summed E-state index contributed by atoms with van der Waals surface area (Å²) in [5, 5.41) is 39.9. The van der Waals surface area contributed by atoms with Crippen LogP contribution in [0.2, 0.25) is 0 Å². The van der Waals surface area contributed by atoms with E-state index in [1.807, 2.05) is 0 Å². The van der Waals surface area contributed by atoms with E-state index in [2.05, 4.69) is 0 Å². The summed E-state index contributed by atoms with van der Waals surface area (Å²) in [4.78, 5) is 50.6. The summed E-state index contributed by atoms with van der Waals surface area (Å²) in [5.41, 5.74) is -9.11. The predicted molar refractivity (Wildman–Crippen MR) is 94.4 cm³/mol. The monoisotopic (exact) mass is 387 g/mol. The third kappa shape index (κ3) is 2.88. The lowest BCUT2D eigenvalue weighted by molar-refractivity contribution is -0.214. The van der Waals surface area contributed by atoms with Crippen molar-refractivity contribution < 1.29 is 39.6 Å². The number of hydrogen-bond acceptors (Lipinski definition) is 5. The Hall–Kier alpha value is -2.16. The van der Waals surface area contributed by atoms with E-state index in [4.69, 9.17) is 0 Å². The third-order valence-electron chi connectivity index (χ3n) is 7.02. The van der Waals surface area contributed by atoms with Gasteiger partial charge in [-0.2, -0.15) is 0 Å². The minimum absolute atomic E-state index is 0.287. The van der Waals surface area contributed by atoms with Crippen LogP contribution in [-0.2, 0) is 19.2 Å². The van der Waals surface area contributed by atoms with E-state index in [0.29, 0.717) is 12.8 Å². The quantitative estimate of drug-likeness (QED) is 0.486. The number of carboxylic acids is 4. The molecule has 3 unspecified atom stereocenters. The Morgan fingerprint density at radius 3 is 1.33 bits per heavy atom. The topological polar surface area (TPSA) is 152 Å². The van der Waals surface area contributed by atoms with Crippen molar-refractivity contribution >= 4 is 23.9 Å². The maximum Gasteiger partial charge on any atom is 0.325 e. The lowest BCUT2D eigenvalue weighted by Crippen LogP contribution is -2.74. The number of nitrogens with zero attached hydrogens (tertiary/aromatic N) is 1. The largest absolute Gasteiger partial charge is 0.481 e. The minimum Gasteiger partial charge on any atom is -0.481 e. The second-order valence-electron chi connectivity index (χ2n) is 8.22. The highest BCUT2D eigenvalue weighted by Gasteiger charge is 2.75. The molecule has 1 fully saturated rings. The molecule has 3 atom stereocenters. The summed E-state index contributed by atoms with van der Waals surface area (Å²) in [6, 6.07) is 0. The zero-order valence-corrected chi connectivity index (χ0v) is 16.4. The fourth-order valence-electron chi connectivity index (χ4n) is 4.24. The van der Waals surface area contributed by atoms with Gasteiger partial charge in [0.1, 0.15) is 11.0 Å². The smallest absolute Gasteiger partial charge is 0.325 e. The minimum atomic E-state index is -2.46. The first-order valence-corrected chi connectivity index (χ1v) is 8.82. The summed E-state index contributed by atoms with van der Waals surface area (Å²) >= 11 is 0. The Labute approximate surface area is 158 Å². The SMILES string of the molecule is CC(C)(C(=O)O)C(C)(C(=O)O)C(C)(C(=O)O)C(C)(C(=O)O)N1CCCCC1. The van der Waals surface area contributed by atoms with Gasteiger partial charge in [-0.1, -0.05) is 6.42 Å². The van der Waals surface area contributed by atoms with Crippen molar-refractivity contribution in [3.8, 4) is 0 Å². The first-order chi connectivity index (χ1) is 12.1. The third-order valence-corrected chi connectivity index (χ3v) is 7.02. The fourth-order valence-corrected chi connectivity index (χ4v) is 4.24. The standard InChI is InChI=1S/C18H29NO8/c1-15(2,11(20)21)16(3,12(22)23)17(4,13(24)25)18(5,14(26)27)19-9-7-6-8-10-19/h6-10H2,1-5H3,(H,20,21)(H,22,23)(H,24,25)(H,26,27). The highest BCUT2D eigenvalue weighted by molar-refractivity contribution is 5.97. The zero-order chi connectivity index (χ0) is 21.4. The van der Waals surface area contributed by atoms with E-state index < -0.39 is 45.7 Å². The van der Waals surface area contributed by atoms with Crippen molar-refractivity contribution in [1.29, 1.82) is 0 Å². The number of hydrogen-bond donors (Lipinski definition) is 4. The molecule has 1 aliphatic rings. The van der Waals surface area contributed by atoms with Gasteiger partial charge in [-0.25, -0.2) is 0 Å². The van der Waals surface area contributed by atoms with Gasteiger partial charge in [0, 0.05) is 0 Å². The van der Waals surface area contributed by atoms with Crippen LogP contribution in [0.15, 0.2) is 0 Å². The molecule has 0 bridgehead atoms. The molecule has 0 amide bonds. The van der Waals surface area contributed by atoms with Crippen LogP contribution < -0.4 is 0 Å². The van der Waals surface area contributed by atoms with E-state index in [-0.39, 0.29) is 13.1 Å². The van der Waals surface area contributed by atoms with Gasteiger partial charge in [-0.05, 0) is 60.5 Å². The number of aliphatic carboxylic acids is 4. The molecule has 0 spiro atoms. The molecule has 0 saturated carbocycles. The lowest BCUT2D eigenvalue weighted by atomic mass is 9.47. The van der Waals surface area contributed by atoms with E-state index in [1.54, 1.807) is 0 Å². The number of piperidine rings is 1. The van der Waals surface area contributed by atoms with Crippen LogP contribution in [0.3, 0.4) is 0 Å². The van der Waals surface area contributed by atoms with Crippen molar-refractivity contribution in [2.45, 2.75) is 59.4 Å². The van der Waals surface area contributed by atoms with Gasteiger partial charge in [0.2, 0.25) is 0 Å². The predicted octanol–water partition coefficient (Wildman–Crippen LogP) is 1.61. The Kier molecular flexibility index (Phi) is 6.02. The number of carbonyl (C=O) groups is 4. The second kappa shape index (κ2) is 7.10. The molecular formula is C18H29NO8. The summed E-state index contributed by atoms with van der Waals surface area (Å²) in [5.74, 6) is -6.37. The van der Waals surface area contributed by atoms with Gasteiger partial charge in [-0.15, -0.1) is 0 Å². The van der Waals surface area contributed by atoms with Gasteiger partial charge in [0.15, 0.2) is 0 Å². The normalized spacial score (nSPS) is 22.7. The Morgan fingerprint density at radius 1 is 0.630 bits per heavy atom. The summed E-state index contributed by atoms with van der Waals surface area (Å²) in [7, 11) is 0. The Bertz CT molecular complexity index is 654. The first-order valence-electron chi connectivity index (χ1n) is 8.82. The van der Waals surface area contributed by atoms with E-state index in [0.717, 1.165) is 34.1 Å². The molecule has 0 aromatic rings. The lowest BCUT2D eigenvalue weighted by Gasteiger charge is -2.57. The Morgan fingerprint density at radius 2 is 1.04 bits per heavy atom. The molecule has 0 aliphatic carbocycles. The van der Waals surface area contributed by atoms with Gasteiger partial charge >= 0.3 is 23.9 Å². The first kappa shape index (κ1) is 22.9. The van der Waals surface area contributed by atoms with Crippen LogP contribution in [0.25, 0.3) is 0 Å². The van der Waals surface area contributed by atoms with Crippen LogP contribution in [-0.4, -0.2) is 67.8 Å². The molecule has 9 heteroatoms. The molecule has 1 saturated heterocycles. The summed E-state index contributed by atoms with van der Waals surface area (Å²) < 4.78 is 0. The average Bonchev–Trinajstić information content (AvgIpc) is 2.59. The van der Waals surface area contributed by atoms with Crippen molar-refractivity contribution in [3.05, 3.63) is 0 Å². The molecule has 0 aromatic heterocycles. The van der Waals surface area contributed by atoms with Crippen molar-refractivity contribution in [1.82, 2.24) is 4.90 Å². The van der Waals surface area contributed by atoms with Crippen LogP contribution in [0.5, 0.6) is 0 Å². The van der Waals surface area contributed by atoms with E-state index >= 15 is 0 Å². The van der Waals surface area contributed by atoms with Crippen LogP contribution >= 0.6 is 0 Å². The van der Waals surface area contributed by atoms with Gasteiger partial charge in [0.05, 0.1) is 10.8 Å². The number of rotatable bonds is 8. The second-order valence-corrected chi connectivity index (χ2v) is 8.22. The maximum atomic E-state index is 12.5. The highest BCUT2D eigenvalue weighted by Crippen LogP contribution is 2.59. The molecule has 1 aliphatic heterocycles. The summed E-state index contributed by atoms with van der Waals surface area (Å²) in [6.07, 6.45) is 2.14. The van der Waals surface area contributed by atoms with Gasteiger partial charge in [-0.3, -0.25) is 24.1 Å². The van der Waals surface area contributed by atoms with Crippen LogP contribution in [0, 0.1) is 16.2 Å². The Balaban J connectivity index is 3.93. The fraction of sp³-hybridized carbons (Fsp3) is 0.778. The number of carboxylic acid groups (broad SMARTS) is 4. The van der Waals surface area contributed by atoms with Crippen molar-refractivity contribution in [2.24, 2.45) is 16.2 Å². The van der Waals surface area contributed by atoms with E-state index in [9.17, 15) is 39.6 Å². The van der Waals surface area contributed by atoms with Crippen molar-refractivity contribution in [2.75, 3.05) is 13.1 Å². The molecule has 0 radical (unpaired) electrons. The van der Waals surface area contributed by atoms with Crippen molar-refractivity contribution in [3.63, 3.8) is 0 Å². The summed E-state index contributed by atoms with van der Waals surface area (Å²) in [6.45, 7) is 6.05. The van der Waals surface area contributed by atoms with Gasteiger partial charge < -0.3 is 20.4 Å². The molecular weight excluding hydrogens is 358 g/mol. The van der Waals surface area contributed by atoms with E-state index in [1.165, 1.54) is 11.8 Å². The molecule has 27 heavy (non-hydrogen) atoms. The molecule has 9 nitrogen and oxygen atoms in total. The average molecular weight is 387 g/mol. The number of likely N-dealkylation sites (tertiary alicyclic amines) is 1. The molecule has 0 aromatic carbocycles. The van der Waals surface area contributed by atoms with Gasteiger partial charge in [0.25, 0.3) is 0 Å². The highest BCUT2D eigenvalue weighted by atomic mass is 16.4. The van der Waals surface area contributed by atoms with Crippen LogP contribution in [0.1, 0.15) is 53.9 Å². The zero-order valence-electron chi connectivity index (χ0n) is 16.4. The molecule has 4 N–H and O–H groups in total. The maximum absolute atomic E-state index is 12.5. The van der Waals surface area contributed by atoms with Crippen LogP contribution in [0.4, 0.5) is 0 Å². The molecule has 1 heterocycles.